The van der Waals surface area contributed by atoms with Gasteiger partial charge in [0.1, 0.15) is 16.3 Å². The molecule has 2 aromatic rings. The van der Waals surface area contributed by atoms with Crippen molar-refractivity contribution in [1.29, 1.82) is 0 Å². The molecule has 0 spiro atoms. The van der Waals surface area contributed by atoms with Crippen molar-refractivity contribution in [3.63, 3.8) is 0 Å². The van der Waals surface area contributed by atoms with Gasteiger partial charge in [-0.15, -0.1) is 11.3 Å². The van der Waals surface area contributed by atoms with Crippen LogP contribution in [0.3, 0.4) is 0 Å². The molecule has 0 bridgehead atoms. The second-order valence-electron chi connectivity index (χ2n) is 3.52. The van der Waals surface area contributed by atoms with E-state index in [0.29, 0.717) is 11.4 Å². The van der Waals surface area contributed by atoms with Crippen molar-refractivity contribution >= 4 is 32.2 Å². The molecule has 0 aliphatic rings. The maximum absolute atomic E-state index is 12.0. The van der Waals surface area contributed by atoms with Crippen LogP contribution in [0.15, 0.2) is 40.0 Å². The minimum Gasteiger partial charge on any atom is -0.411 e. The summed E-state index contributed by atoms with van der Waals surface area (Å²) in [5.74, 6) is 0. The summed E-state index contributed by atoms with van der Waals surface area (Å²) in [5.41, 5.74) is 0.722. The predicted molar refractivity (Wildman–Crippen MR) is 71.2 cm³/mol. The summed E-state index contributed by atoms with van der Waals surface area (Å²) < 4.78 is 26.3. The fourth-order valence-corrected chi connectivity index (χ4v) is 3.19. The van der Waals surface area contributed by atoms with E-state index in [1.54, 1.807) is 12.3 Å². The molecule has 0 saturated carbocycles. The van der Waals surface area contributed by atoms with Crippen LogP contribution in [0.4, 0.5) is 5.13 Å². The van der Waals surface area contributed by atoms with Crippen LogP contribution in [0.5, 0.6) is 0 Å². The Morgan fingerprint density at radius 3 is 2.95 bits per heavy atom. The molecule has 2 rings (SSSR count). The average molecular weight is 298 g/mol. The van der Waals surface area contributed by atoms with Crippen molar-refractivity contribution in [2.45, 2.75) is 11.8 Å². The van der Waals surface area contributed by atoms with Gasteiger partial charge in [-0.3, -0.25) is 9.71 Å². The van der Waals surface area contributed by atoms with Gasteiger partial charge in [-0.25, -0.2) is 13.4 Å². The Morgan fingerprint density at radius 1 is 1.53 bits per heavy atom. The number of nitrogens with one attached hydrogen (secondary N) is 1. The average Bonchev–Trinajstić information content (AvgIpc) is 2.86. The van der Waals surface area contributed by atoms with E-state index in [9.17, 15) is 8.42 Å². The second-order valence-corrected chi connectivity index (χ2v) is 6.06. The van der Waals surface area contributed by atoms with Gasteiger partial charge in [0, 0.05) is 17.8 Å². The standard InChI is InChI=1S/C10H10N4O3S2/c1-7(13-15)9-6-18-10(12-9)14-19(16,17)8-3-2-4-11-5-8/h2-6,15H,1H3,(H,12,14). The molecule has 0 amide bonds. The third-order valence-corrected chi connectivity index (χ3v) is 4.40. The lowest BCUT2D eigenvalue weighted by atomic mass is 10.3. The molecule has 0 aliphatic carbocycles. The molecule has 0 fully saturated rings. The first kappa shape index (κ1) is 13.4. The highest BCUT2D eigenvalue weighted by Crippen LogP contribution is 2.20. The first-order valence-corrected chi connectivity index (χ1v) is 7.46. The van der Waals surface area contributed by atoms with Crippen LogP contribution in [0.2, 0.25) is 0 Å². The summed E-state index contributed by atoms with van der Waals surface area (Å²) in [6.45, 7) is 1.56. The Kier molecular flexibility index (Phi) is 3.76. The van der Waals surface area contributed by atoms with E-state index in [2.05, 4.69) is 19.8 Å². The largest absolute Gasteiger partial charge is 0.411 e. The number of hydrogen-bond donors (Lipinski definition) is 2. The maximum Gasteiger partial charge on any atom is 0.265 e. The van der Waals surface area contributed by atoms with E-state index in [1.165, 1.54) is 24.5 Å². The molecule has 7 nitrogen and oxygen atoms in total. The number of nitrogens with zero attached hydrogens (tertiary/aromatic N) is 3. The fourth-order valence-electron chi connectivity index (χ4n) is 1.22. The SMILES string of the molecule is CC(=NO)c1csc(NS(=O)(=O)c2cccnc2)n1. The molecule has 0 aliphatic heterocycles. The summed E-state index contributed by atoms with van der Waals surface area (Å²) >= 11 is 1.10. The molecule has 9 heteroatoms. The summed E-state index contributed by atoms with van der Waals surface area (Å²) in [7, 11) is -3.70. The van der Waals surface area contributed by atoms with Crippen molar-refractivity contribution in [1.82, 2.24) is 9.97 Å². The lowest BCUT2D eigenvalue weighted by Crippen LogP contribution is -2.13. The lowest BCUT2D eigenvalue weighted by Gasteiger charge is -2.03. The zero-order valence-corrected chi connectivity index (χ0v) is 11.4. The molecule has 0 radical (unpaired) electrons. The fraction of sp³-hybridized carbons (Fsp3) is 0.100. The molecule has 2 heterocycles. The number of anilines is 1. The van der Waals surface area contributed by atoms with Crippen LogP contribution in [-0.2, 0) is 10.0 Å². The Labute approximate surface area is 113 Å². The van der Waals surface area contributed by atoms with Gasteiger partial charge >= 0.3 is 0 Å². The maximum atomic E-state index is 12.0. The van der Waals surface area contributed by atoms with Crippen molar-refractivity contribution in [2.24, 2.45) is 5.16 Å². The van der Waals surface area contributed by atoms with Crippen molar-refractivity contribution < 1.29 is 13.6 Å². The van der Waals surface area contributed by atoms with Crippen molar-refractivity contribution in [3.8, 4) is 0 Å². The Bertz CT molecular complexity index is 695. The molecular weight excluding hydrogens is 288 g/mol. The molecule has 0 unspecified atom stereocenters. The number of thiazole rings is 1. The second kappa shape index (κ2) is 5.33. The zero-order valence-electron chi connectivity index (χ0n) is 9.81. The van der Waals surface area contributed by atoms with Gasteiger partial charge in [0.15, 0.2) is 5.13 Å². The third kappa shape index (κ3) is 3.06. The van der Waals surface area contributed by atoms with Crippen LogP contribution < -0.4 is 4.72 Å². The first-order chi connectivity index (χ1) is 9.03. The van der Waals surface area contributed by atoms with Gasteiger partial charge in [-0.05, 0) is 19.1 Å². The Hall–Kier alpha value is -2.00. The van der Waals surface area contributed by atoms with Gasteiger partial charge in [-0.2, -0.15) is 0 Å². The Morgan fingerprint density at radius 2 is 2.32 bits per heavy atom. The summed E-state index contributed by atoms with van der Waals surface area (Å²) in [4.78, 5) is 7.81. The molecule has 19 heavy (non-hydrogen) atoms. The van der Waals surface area contributed by atoms with E-state index < -0.39 is 10.0 Å². The van der Waals surface area contributed by atoms with Gasteiger partial charge in [0.05, 0.1) is 0 Å². The summed E-state index contributed by atoms with van der Waals surface area (Å²) in [6, 6.07) is 2.97. The van der Waals surface area contributed by atoms with Gasteiger partial charge in [0.25, 0.3) is 10.0 Å². The number of oxime groups is 1. The van der Waals surface area contributed by atoms with Crippen molar-refractivity contribution in [3.05, 3.63) is 35.6 Å². The quantitative estimate of drug-likeness (QED) is 0.506. The summed E-state index contributed by atoms with van der Waals surface area (Å²) in [6.07, 6.45) is 2.73. The van der Waals surface area contributed by atoms with Crippen molar-refractivity contribution in [2.75, 3.05) is 4.72 Å². The molecular formula is C10H10N4O3S2. The predicted octanol–water partition coefficient (Wildman–Crippen LogP) is 1.54. The normalized spacial score (nSPS) is 12.4. The summed E-state index contributed by atoms with van der Waals surface area (Å²) in [5, 5.41) is 13.4. The highest BCUT2D eigenvalue weighted by atomic mass is 32.2. The van der Waals surface area contributed by atoms with Crippen LogP contribution in [0.25, 0.3) is 0 Å². The van der Waals surface area contributed by atoms with Crippen LogP contribution in [-0.4, -0.2) is 29.3 Å². The zero-order chi connectivity index (χ0) is 13.9. The molecule has 2 aromatic heterocycles. The highest BCUT2D eigenvalue weighted by molar-refractivity contribution is 7.93. The van der Waals surface area contributed by atoms with Crippen LogP contribution in [0.1, 0.15) is 12.6 Å². The first-order valence-electron chi connectivity index (χ1n) is 5.10. The molecule has 0 aromatic carbocycles. The third-order valence-electron chi connectivity index (χ3n) is 2.19. The number of pyridine rings is 1. The number of rotatable bonds is 4. The van der Waals surface area contributed by atoms with Gasteiger partial charge in [-0.1, -0.05) is 5.16 Å². The van der Waals surface area contributed by atoms with E-state index >= 15 is 0 Å². The number of sulfonamides is 1. The smallest absolute Gasteiger partial charge is 0.265 e. The van der Waals surface area contributed by atoms with Crippen LogP contribution in [0, 0.1) is 0 Å². The Balaban J connectivity index is 2.24. The molecule has 2 N–H and O–H groups in total. The minimum atomic E-state index is -3.70. The molecule has 0 atom stereocenters. The van der Waals surface area contributed by atoms with Crippen LogP contribution >= 0.6 is 11.3 Å². The monoisotopic (exact) mass is 298 g/mol. The topological polar surface area (TPSA) is 105 Å². The highest BCUT2D eigenvalue weighted by Gasteiger charge is 2.16. The van der Waals surface area contributed by atoms with E-state index in [0.717, 1.165) is 11.3 Å². The van der Waals surface area contributed by atoms with E-state index in [1.807, 2.05) is 0 Å². The van der Waals surface area contributed by atoms with Gasteiger partial charge in [0.2, 0.25) is 0 Å². The lowest BCUT2D eigenvalue weighted by molar-refractivity contribution is 0.319. The van der Waals surface area contributed by atoms with E-state index in [4.69, 9.17) is 5.21 Å². The number of aromatic nitrogens is 2. The molecule has 100 valence electrons. The van der Waals surface area contributed by atoms with E-state index in [-0.39, 0.29) is 10.0 Å². The van der Waals surface area contributed by atoms with Gasteiger partial charge < -0.3 is 5.21 Å². The number of hydrogen-bond acceptors (Lipinski definition) is 7. The molecule has 0 saturated heterocycles. The minimum absolute atomic E-state index is 0.0549.